The van der Waals surface area contributed by atoms with Gasteiger partial charge < -0.3 is 11.5 Å². The summed E-state index contributed by atoms with van der Waals surface area (Å²) in [5, 5.41) is 9.37. The van der Waals surface area contributed by atoms with Gasteiger partial charge in [-0.2, -0.15) is 0 Å². The molecule has 3 rings (SSSR count). The molecular weight excluding hydrogens is 272 g/mol. The summed E-state index contributed by atoms with van der Waals surface area (Å²) >= 11 is 0. The monoisotopic (exact) mass is 286 g/mol. The van der Waals surface area contributed by atoms with E-state index in [1.807, 2.05) is 36.4 Å². The molecule has 0 atom stereocenters. The molecule has 0 radical (unpaired) electrons. The van der Waals surface area contributed by atoms with E-state index in [1.54, 1.807) is 18.3 Å². The third-order valence-electron chi connectivity index (χ3n) is 3.36. The average molecular weight is 286 g/mol. The maximum Gasteiger partial charge on any atom is 0.139 e. The molecular formula is C18H14N4. The molecule has 0 aliphatic carbocycles. The minimum absolute atomic E-state index is 0.0435. The smallest absolute Gasteiger partial charge is 0.139 e. The summed E-state index contributed by atoms with van der Waals surface area (Å²) in [6, 6.07) is 15.1. The van der Waals surface area contributed by atoms with Gasteiger partial charge >= 0.3 is 0 Å². The molecule has 0 fully saturated rings. The molecule has 4 heteroatoms. The number of amidine groups is 1. The summed E-state index contributed by atoms with van der Waals surface area (Å²) in [7, 11) is 0. The zero-order valence-corrected chi connectivity index (χ0v) is 11.8. The molecule has 1 aromatic heterocycles. The SMILES string of the molecule is N=C(N)c1ccc(C#Cc2c(N)ncc3ccccc23)cc1. The van der Waals surface area contributed by atoms with Gasteiger partial charge in [0.15, 0.2) is 0 Å². The Kier molecular flexibility index (Phi) is 3.47. The topological polar surface area (TPSA) is 88.8 Å². The Morgan fingerprint density at radius 3 is 2.45 bits per heavy atom. The average Bonchev–Trinajstić information content (AvgIpc) is 2.54. The van der Waals surface area contributed by atoms with E-state index >= 15 is 0 Å². The second kappa shape index (κ2) is 5.58. The van der Waals surface area contributed by atoms with E-state index in [1.165, 1.54) is 0 Å². The van der Waals surface area contributed by atoms with Crippen LogP contribution in [0, 0.1) is 17.3 Å². The molecule has 2 aromatic carbocycles. The first-order valence-electron chi connectivity index (χ1n) is 6.75. The van der Waals surface area contributed by atoms with Crippen LogP contribution in [0.15, 0.2) is 54.7 Å². The van der Waals surface area contributed by atoms with Crippen molar-refractivity contribution in [2.75, 3.05) is 5.73 Å². The minimum Gasteiger partial charge on any atom is -0.384 e. The number of aromatic nitrogens is 1. The Labute approximate surface area is 128 Å². The van der Waals surface area contributed by atoms with Gasteiger partial charge in [-0.25, -0.2) is 4.98 Å². The third-order valence-corrected chi connectivity index (χ3v) is 3.36. The van der Waals surface area contributed by atoms with Crippen LogP contribution in [0.5, 0.6) is 0 Å². The Morgan fingerprint density at radius 2 is 1.73 bits per heavy atom. The predicted octanol–water partition coefficient (Wildman–Crippen LogP) is 2.50. The highest BCUT2D eigenvalue weighted by molar-refractivity contribution is 5.95. The summed E-state index contributed by atoms with van der Waals surface area (Å²) in [5.74, 6) is 6.64. The lowest BCUT2D eigenvalue weighted by Gasteiger charge is -2.03. The molecule has 0 saturated carbocycles. The first-order valence-corrected chi connectivity index (χ1v) is 6.75. The number of fused-ring (bicyclic) bond motifs is 1. The van der Waals surface area contributed by atoms with E-state index in [0.29, 0.717) is 11.4 Å². The van der Waals surface area contributed by atoms with Crippen LogP contribution in [0.3, 0.4) is 0 Å². The van der Waals surface area contributed by atoms with Gasteiger partial charge in [-0.3, -0.25) is 5.41 Å². The molecule has 0 spiro atoms. The predicted molar refractivity (Wildman–Crippen MR) is 89.6 cm³/mol. The number of nitrogens with one attached hydrogen (secondary N) is 1. The number of pyridine rings is 1. The lowest BCUT2D eigenvalue weighted by Crippen LogP contribution is -2.10. The number of nitrogens with two attached hydrogens (primary N) is 2. The highest BCUT2D eigenvalue weighted by Crippen LogP contribution is 2.21. The number of benzene rings is 2. The first-order chi connectivity index (χ1) is 10.6. The fourth-order valence-electron chi connectivity index (χ4n) is 2.18. The summed E-state index contributed by atoms with van der Waals surface area (Å²) in [5.41, 5.74) is 13.6. The van der Waals surface area contributed by atoms with Crippen molar-refractivity contribution in [3.63, 3.8) is 0 Å². The molecule has 0 unspecified atom stereocenters. The van der Waals surface area contributed by atoms with Crippen molar-refractivity contribution in [1.29, 1.82) is 5.41 Å². The summed E-state index contributed by atoms with van der Waals surface area (Å²) in [6.45, 7) is 0. The van der Waals surface area contributed by atoms with E-state index in [2.05, 4.69) is 16.8 Å². The van der Waals surface area contributed by atoms with Crippen molar-refractivity contribution in [2.45, 2.75) is 0 Å². The number of nitrogen functional groups attached to an aromatic ring is 2. The molecule has 0 aliphatic rings. The van der Waals surface area contributed by atoms with Crippen LogP contribution in [0.25, 0.3) is 10.8 Å². The Balaban J connectivity index is 2.04. The van der Waals surface area contributed by atoms with E-state index in [0.717, 1.165) is 21.9 Å². The molecule has 0 amide bonds. The third kappa shape index (κ3) is 2.60. The van der Waals surface area contributed by atoms with Crippen molar-refractivity contribution < 1.29 is 0 Å². The largest absolute Gasteiger partial charge is 0.384 e. The number of hydrogen-bond donors (Lipinski definition) is 3. The van der Waals surface area contributed by atoms with Crippen molar-refractivity contribution in [1.82, 2.24) is 4.98 Å². The molecule has 0 aliphatic heterocycles. The van der Waals surface area contributed by atoms with E-state index in [9.17, 15) is 0 Å². The lowest BCUT2D eigenvalue weighted by atomic mass is 10.1. The second-order valence-electron chi connectivity index (χ2n) is 4.85. The van der Waals surface area contributed by atoms with Crippen LogP contribution in [-0.4, -0.2) is 10.8 Å². The molecule has 0 bridgehead atoms. The van der Waals surface area contributed by atoms with Gasteiger partial charge in [-0.1, -0.05) is 48.2 Å². The van der Waals surface area contributed by atoms with Crippen LogP contribution >= 0.6 is 0 Å². The fourth-order valence-corrected chi connectivity index (χ4v) is 2.18. The zero-order valence-electron chi connectivity index (χ0n) is 11.8. The highest BCUT2D eigenvalue weighted by atomic mass is 14.8. The molecule has 5 N–H and O–H groups in total. The maximum absolute atomic E-state index is 7.38. The Morgan fingerprint density at radius 1 is 1.00 bits per heavy atom. The zero-order chi connectivity index (χ0) is 15.5. The van der Waals surface area contributed by atoms with Gasteiger partial charge in [0.2, 0.25) is 0 Å². The fraction of sp³-hybridized carbons (Fsp3) is 0. The molecule has 22 heavy (non-hydrogen) atoms. The van der Waals surface area contributed by atoms with Crippen LogP contribution in [0.4, 0.5) is 5.82 Å². The molecule has 0 saturated heterocycles. The summed E-state index contributed by atoms with van der Waals surface area (Å²) < 4.78 is 0. The van der Waals surface area contributed by atoms with Gasteiger partial charge in [0, 0.05) is 28.1 Å². The maximum atomic E-state index is 7.38. The van der Waals surface area contributed by atoms with Crippen molar-refractivity contribution in [3.8, 4) is 11.8 Å². The van der Waals surface area contributed by atoms with Crippen molar-refractivity contribution in [3.05, 3.63) is 71.4 Å². The quantitative estimate of drug-likeness (QED) is 0.365. The Bertz CT molecular complexity index is 915. The van der Waals surface area contributed by atoms with Crippen molar-refractivity contribution >= 4 is 22.4 Å². The minimum atomic E-state index is 0.0435. The first kappa shape index (κ1) is 13.7. The molecule has 106 valence electrons. The highest BCUT2D eigenvalue weighted by Gasteiger charge is 2.03. The number of nitrogens with zero attached hydrogens (tertiary/aromatic N) is 1. The van der Waals surface area contributed by atoms with Gasteiger partial charge in [0.05, 0.1) is 5.56 Å². The van der Waals surface area contributed by atoms with E-state index < -0.39 is 0 Å². The second-order valence-corrected chi connectivity index (χ2v) is 4.85. The number of anilines is 1. The van der Waals surface area contributed by atoms with Crippen LogP contribution in [0.2, 0.25) is 0 Å². The van der Waals surface area contributed by atoms with Crippen molar-refractivity contribution in [2.24, 2.45) is 5.73 Å². The van der Waals surface area contributed by atoms with Gasteiger partial charge in [-0.05, 0) is 12.1 Å². The number of rotatable bonds is 1. The van der Waals surface area contributed by atoms with Gasteiger partial charge in [-0.15, -0.1) is 0 Å². The molecule has 3 aromatic rings. The number of hydrogen-bond acceptors (Lipinski definition) is 3. The van der Waals surface area contributed by atoms with Crippen LogP contribution in [0.1, 0.15) is 16.7 Å². The molecule has 1 heterocycles. The van der Waals surface area contributed by atoms with Gasteiger partial charge in [0.1, 0.15) is 11.7 Å². The summed E-state index contributed by atoms with van der Waals surface area (Å²) in [4.78, 5) is 4.19. The van der Waals surface area contributed by atoms with E-state index in [-0.39, 0.29) is 5.84 Å². The summed E-state index contributed by atoms with van der Waals surface area (Å²) in [6.07, 6.45) is 1.75. The standard InChI is InChI=1S/C18H14N4/c19-17(20)13-8-5-12(6-9-13)7-10-16-15-4-2-1-3-14(15)11-22-18(16)21/h1-6,8-9,11H,(H3,19,20)(H2,21,22). The Hall–Kier alpha value is -3.32. The van der Waals surface area contributed by atoms with Crippen LogP contribution < -0.4 is 11.5 Å². The normalized spacial score (nSPS) is 10.0. The van der Waals surface area contributed by atoms with Gasteiger partial charge in [0.25, 0.3) is 0 Å². The molecule has 4 nitrogen and oxygen atoms in total. The van der Waals surface area contributed by atoms with E-state index in [4.69, 9.17) is 16.9 Å². The lowest BCUT2D eigenvalue weighted by molar-refractivity contribution is 1.36. The van der Waals surface area contributed by atoms with Crippen LogP contribution in [-0.2, 0) is 0 Å².